The third-order valence-electron chi connectivity index (χ3n) is 5.03. The average molecular weight is 489 g/mol. The molecule has 4 rings (SSSR count). The highest BCUT2D eigenvalue weighted by Crippen LogP contribution is 2.39. The number of hydrogen-bond acceptors (Lipinski definition) is 5. The molecule has 0 saturated carbocycles. The predicted octanol–water partition coefficient (Wildman–Crippen LogP) is 4.97. The zero-order chi connectivity index (χ0) is 22.9. The minimum Gasteiger partial charge on any atom is -0.476 e. The Morgan fingerprint density at radius 1 is 1.12 bits per heavy atom. The fourth-order valence-corrected chi connectivity index (χ4v) is 5.44. The number of carbonyl (C=O) groups is 1. The number of rotatable bonds is 5. The lowest BCUT2D eigenvalue weighted by atomic mass is 10.2. The lowest BCUT2D eigenvalue weighted by Gasteiger charge is -2.35. The van der Waals surface area contributed by atoms with Gasteiger partial charge in [-0.2, -0.15) is 0 Å². The summed E-state index contributed by atoms with van der Waals surface area (Å²) in [4.78, 5) is 14.1. The van der Waals surface area contributed by atoms with E-state index >= 15 is 0 Å². The summed E-state index contributed by atoms with van der Waals surface area (Å²) in [7, 11) is -3.95. The normalized spacial score (nSPS) is 15.6. The van der Waals surface area contributed by atoms with Crippen LogP contribution < -0.4 is 14.4 Å². The number of aryl methyl sites for hydroxylation is 1. The quantitative estimate of drug-likeness (QED) is 0.513. The van der Waals surface area contributed by atoms with Gasteiger partial charge in [0.05, 0.1) is 17.1 Å². The Labute approximate surface area is 196 Å². The summed E-state index contributed by atoms with van der Waals surface area (Å²) in [5, 5.41) is 3.19. The molecule has 9 heteroatoms. The van der Waals surface area contributed by atoms with Gasteiger partial charge in [0.2, 0.25) is 0 Å². The van der Waals surface area contributed by atoms with Crippen molar-refractivity contribution in [1.29, 1.82) is 0 Å². The van der Waals surface area contributed by atoms with Crippen LogP contribution in [0.1, 0.15) is 5.56 Å². The second-order valence-electron chi connectivity index (χ2n) is 7.29. The molecule has 0 aliphatic carbocycles. The molecule has 0 bridgehead atoms. The first kappa shape index (κ1) is 22.5. The summed E-state index contributed by atoms with van der Waals surface area (Å²) in [5.41, 5.74) is 1.85. The molecule has 3 aromatic carbocycles. The van der Waals surface area contributed by atoms with E-state index in [1.165, 1.54) is 10.4 Å². The van der Waals surface area contributed by atoms with Gasteiger partial charge in [-0.25, -0.2) is 8.42 Å². The van der Waals surface area contributed by atoms with Crippen LogP contribution in [0.15, 0.2) is 76.5 Å². The Bertz CT molecular complexity index is 1260. The molecule has 1 aliphatic rings. The molecule has 0 saturated heterocycles. The Kier molecular flexibility index (Phi) is 6.37. The summed E-state index contributed by atoms with van der Waals surface area (Å²) < 4.78 is 34.0. The lowest BCUT2D eigenvalue weighted by molar-refractivity contribution is -0.122. The summed E-state index contributed by atoms with van der Waals surface area (Å²) in [5.74, 6) is -0.165. The van der Waals surface area contributed by atoms with Gasteiger partial charge in [-0.3, -0.25) is 9.10 Å². The van der Waals surface area contributed by atoms with E-state index in [-0.39, 0.29) is 17.2 Å². The van der Waals surface area contributed by atoms with Crippen molar-refractivity contribution in [3.8, 4) is 5.75 Å². The summed E-state index contributed by atoms with van der Waals surface area (Å²) in [6.07, 6.45) is 0.906. The monoisotopic (exact) mass is 488 g/mol. The van der Waals surface area contributed by atoms with E-state index in [0.717, 1.165) is 10.5 Å². The van der Waals surface area contributed by atoms with Crippen LogP contribution in [0.2, 0.25) is 5.02 Å². The topological polar surface area (TPSA) is 75.7 Å². The van der Waals surface area contributed by atoms with Crippen LogP contribution in [0, 0.1) is 6.92 Å². The molecule has 1 aliphatic heterocycles. The molecule has 3 aromatic rings. The van der Waals surface area contributed by atoms with E-state index in [1.54, 1.807) is 54.2 Å². The van der Waals surface area contributed by atoms with Gasteiger partial charge in [-0.1, -0.05) is 35.4 Å². The van der Waals surface area contributed by atoms with Crippen LogP contribution >= 0.6 is 23.4 Å². The van der Waals surface area contributed by atoms with Gasteiger partial charge in [0.25, 0.3) is 15.9 Å². The second kappa shape index (κ2) is 9.05. The third-order valence-corrected chi connectivity index (χ3v) is 7.78. The molecule has 0 aromatic heterocycles. The number of halogens is 1. The van der Waals surface area contributed by atoms with Gasteiger partial charge >= 0.3 is 0 Å². The molecule has 6 nitrogen and oxygen atoms in total. The van der Waals surface area contributed by atoms with Crippen LogP contribution in [-0.2, 0) is 14.8 Å². The molecular weight excluding hydrogens is 468 g/mol. The number of nitrogens with one attached hydrogen (secondary N) is 1. The molecule has 0 spiro atoms. The number of carbonyl (C=O) groups excluding carboxylic acids is 1. The van der Waals surface area contributed by atoms with Crippen molar-refractivity contribution in [1.82, 2.24) is 0 Å². The van der Waals surface area contributed by atoms with Crippen molar-refractivity contribution < 1.29 is 17.9 Å². The lowest BCUT2D eigenvalue weighted by Crippen LogP contribution is -2.48. The van der Waals surface area contributed by atoms with Gasteiger partial charge < -0.3 is 10.1 Å². The molecule has 166 valence electrons. The van der Waals surface area contributed by atoms with E-state index < -0.39 is 22.0 Å². The number of fused-ring (bicyclic) bond motifs is 1. The van der Waals surface area contributed by atoms with Crippen LogP contribution in [0.4, 0.5) is 11.4 Å². The van der Waals surface area contributed by atoms with Gasteiger partial charge in [0, 0.05) is 15.6 Å². The Balaban J connectivity index is 1.68. The van der Waals surface area contributed by atoms with Crippen LogP contribution in [0.25, 0.3) is 0 Å². The third kappa shape index (κ3) is 4.57. The van der Waals surface area contributed by atoms with E-state index in [2.05, 4.69) is 5.32 Å². The second-order valence-corrected chi connectivity index (χ2v) is 10.5. The predicted molar refractivity (Wildman–Crippen MR) is 128 cm³/mol. The van der Waals surface area contributed by atoms with E-state index in [9.17, 15) is 13.2 Å². The maximum atomic E-state index is 13.5. The van der Waals surface area contributed by atoms with Gasteiger partial charge in [0.15, 0.2) is 6.10 Å². The number of ether oxygens (including phenoxy) is 1. The number of sulfonamides is 1. The first-order chi connectivity index (χ1) is 15.3. The fourth-order valence-electron chi connectivity index (χ4n) is 3.35. The SMILES string of the molecule is CSc1cccc(NC(=O)[C@@H]2CN(S(=O)(=O)c3ccc(C)cc3)c3cc(Cl)ccc3O2)c1. The molecule has 1 atom stereocenters. The zero-order valence-electron chi connectivity index (χ0n) is 17.4. The Hall–Kier alpha value is -2.68. The summed E-state index contributed by atoms with van der Waals surface area (Å²) in [6.45, 7) is 1.70. The molecule has 32 heavy (non-hydrogen) atoms. The van der Waals surface area contributed by atoms with E-state index in [0.29, 0.717) is 16.4 Å². The van der Waals surface area contributed by atoms with Crippen molar-refractivity contribution in [2.45, 2.75) is 22.8 Å². The van der Waals surface area contributed by atoms with Crippen LogP contribution in [0.3, 0.4) is 0 Å². The van der Waals surface area contributed by atoms with E-state index in [4.69, 9.17) is 16.3 Å². The first-order valence-electron chi connectivity index (χ1n) is 9.78. The summed E-state index contributed by atoms with van der Waals surface area (Å²) in [6, 6.07) is 18.7. The van der Waals surface area contributed by atoms with Gasteiger partial charge in [-0.05, 0) is 61.7 Å². The number of amides is 1. The number of hydrogen-bond donors (Lipinski definition) is 1. The summed E-state index contributed by atoms with van der Waals surface area (Å²) >= 11 is 7.69. The number of nitrogens with zero attached hydrogens (tertiary/aromatic N) is 1. The molecule has 1 amide bonds. The van der Waals surface area contributed by atoms with Crippen LogP contribution in [-0.4, -0.2) is 33.2 Å². The van der Waals surface area contributed by atoms with Gasteiger partial charge in [-0.15, -0.1) is 11.8 Å². The molecule has 0 radical (unpaired) electrons. The minimum atomic E-state index is -3.95. The van der Waals surface area contributed by atoms with Crippen LogP contribution in [0.5, 0.6) is 5.75 Å². The van der Waals surface area contributed by atoms with Gasteiger partial charge in [0.1, 0.15) is 5.75 Å². The maximum Gasteiger partial charge on any atom is 0.267 e. The van der Waals surface area contributed by atoms with Crippen molar-refractivity contribution in [3.63, 3.8) is 0 Å². The average Bonchev–Trinajstić information content (AvgIpc) is 2.78. The van der Waals surface area contributed by atoms with Crippen molar-refractivity contribution in [2.75, 3.05) is 22.4 Å². The fraction of sp³-hybridized carbons (Fsp3) is 0.174. The Morgan fingerprint density at radius 3 is 2.59 bits per heavy atom. The minimum absolute atomic E-state index is 0.128. The molecule has 0 unspecified atom stereocenters. The highest BCUT2D eigenvalue weighted by Gasteiger charge is 2.37. The van der Waals surface area contributed by atoms with Crippen molar-refractivity contribution in [2.24, 2.45) is 0 Å². The Morgan fingerprint density at radius 2 is 1.88 bits per heavy atom. The number of benzene rings is 3. The number of anilines is 2. The largest absolute Gasteiger partial charge is 0.476 e. The highest BCUT2D eigenvalue weighted by molar-refractivity contribution is 7.98. The van der Waals surface area contributed by atoms with Crippen molar-refractivity contribution in [3.05, 3.63) is 77.3 Å². The first-order valence-corrected chi connectivity index (χ1v) is 12.8. The number of thioether (sulfide) groups is 1. The van der Waals surface area contributed by atoms with Crippen molar-refractivity contribution >= 4 is 50.7 Å². The molecule has 1 heterocycles. The zero-order valence-corrected chi connectivity index (χ0v) is 19.8. The highest BCUT2D eigenvalue weighted by atomic mass is 35.5. The molecule has 0 fully saturated rings. The maximum absolute atomic E-state index is 13.5. The van der Waals surface area contributed by atoms with E-state index in [1.807, 2.05) is 31.4 Å². The standard InChI is InChI=1S/C23H21ClN2O4S2/c1-15-6-9-19(10-7-15)32(28,29)26-14-22(30-21-11-8-16(24)12-20(21)26)23(27)25-17-4-3-5-18(13-17)31-2/h3-13,22H,14H2,1-2H3,(H,25,27)/t22-/m0/s1. The molecule has 1 N–H and O–H groups in total. The molecular formula is C23H21ClN2O4S2. The smallest absolute Gasteiger partial charge is 0.267 e.